The minimum absolute atomic E-state index is 0.234. The third-order valence-corrected chi connectivity index (χ3v) is 5.02. The summed E-state index contributed by atoms with van der Waals surface area (Å²) in [5.41, 5.74) is 4.43. The molecule has 6 heteroatoms. The van der Waals surface area contributed by atoms with Crippen LogP contribution in [0.15, 0.2) is 36.4 Å². The molecule has 0 aliphatic carbocycles. The second-order valence-corrected chi connectivity index (χ2v) is 6.93. The van der Waals surface area contributed by atoms with Crippen LogP contribution in [-0.4, -0.2) is 24.7 Å². The Balaban J connectivity index is 1.54. The van der Waals surface area contributed by atoms with E-state index in [9.17, 15) is 4.79 Å². The second kappa shape index (κ2) is 7.53. The van der Waals surface area contributed by atoms with Crippen LogP contribution in [0.2, 0.25) is 0 Å². The molecule has 0 aliphatic rings. The molecular formula is C19H21N3O2S. The number of carbonyl (C=O) groups is 1. The van der Waals surface area contributed by atoms with Crippen molar-refractivity contribution in [3.8, 4) is 5.75 Å². The Labute approximate surface area is 151 Å². The smallest absolute Gasteiger partial charge is 0.321 e. The van der Waals surface area contributed by atoms with Crippen molar-refractivity contribution in [2.75, 3.05) is 19.0 Å². The van der Waals surface area contributed by atoms with Crippen LogP contribution in [0, 0.1) is 13.8 Å². The van der Waals surface area contributed by atoms with E-state index in [4.69, 9.17) is 4.74 Å². The number of ether oxygens (including phenoxy) is 1. The number of rotatable bonds is 5. The lowest BCUT2D eigenvalue weighted by Gasteiger charge is -2.06. The van der Waals surface area contributed by atoms with Crippen molar-refractivity contribution in [3.63, 3.8) is 0 Å². The fourth-order valence-corrected chi connectivity index (χ4v) is 3.59. The predicted molar refractivity (Wildman–Crippen MR) is 103 cm³/mol. The topological polar surface area (TPSA) is 63.2 Å². The van der Waals surface area contributed by atoms with Crippen molar-refractivity contribution in [2.45, 2.75) is 20.3 Å². The van der Waals surface area contributed by atoms with Gasteiger partial charge in [-0.3, -0.25) is 5.32 Å². The second-order valence-electron chi connectivity index (χ2n) is 5.93. The minimum Gasteiger partial charge on any atom is -0.497 e. The van der Waals surface area contributed by atoms with E-state index in [0.717, 1.165) is 28.0 Å². The van der Waals surface area contributed by atoms with Crippen LogP contribution in [0.5, 0.6) is 5.75 Å². The summed E-state index contributed by atoms with van der Waals surface area (Å²) in [4.78, 5) is 16.5. The Bertz CT molecular complexity index is 888. The van der Waals surface area contributed by atoms with Crippen molar-refractivity contribution in [1.82, 2.24) is 10.3 Å². The SMILES string of the molecule is COc1ccc(CCNC(=O)Nc2nc3cc(C)cc(C)c3s2)cc1. The fraction of sp³-hybridized carbons (Fsp3) is 0.263. The number of aromatic nitrogens is 1. The van der Waals surface area contributed by atoms with Gasteiger partial charge in [-0.15, -0.1) is 0 Å². The van der Waals surface area contributed by atoms with E-state index in [-0.39, 0.29) is 6.03 Å². The molecule has 3 aromatic rings. The standard InChI is InChI=1S/C19H21N3O2S/c1-12-10-13(2)17-16(11-12)21-19(25-17)22-18(23)20-9-8-14-4-6-15(24-3)7-5-14/h4-7,10-11H,8-9H2,1-3H3,(H2,20,21,22,23). The number of thiazole rings is 1. The average molecular weight is 355 g/mol. The summed E-state index contributed by atoms with van der Waals surface area (Å²) in [6, 6.07) is 11.8. The number of methoxy groups -OCH3 is 1. The first-order valence-corrected chi connectivity index (χ1v) is 8.92. The van der Waals surface area contributed by atoms with Crippen LogP contribution in [-0.2, 0) is 6.42 Å². The van der Waals surface area contributed by atoms with Gasteiger partial charge in [0.25, 0.3) is 0 Å². The molecule has 1 heterocycles. The molecule has 0 atom stereocenters. The van der Waals surface area contributed by atoms with Gasteiger partial charge in [-0.05, 0) is 55.2 Å². The van der Waals surface area contributed by atoms with E-state index in [2.05, 4.69) is 28.6 Å². The Kier molecular flexibility index (Phi) is 5.19. The zero-order valence-corrected chi connectivity index (χ0v) is 15.4. The molecule has 5 nitrogen and oxygen atoms in total. The highest BCUT2D eigenvalue weighted by Crippen LogP contribution is 2.29. The molecule has 0 saturated heterocycles. The van der Waals surface area contributed by atoms with Crippen LogP contribution in [0.25, 0.3) is 10.2 Å². The number of hydrogen-bond donors (Lipinski definition) is 2. The number of benzene rings is 2. The van der Waals surface area contributed by atoms with Gasteiger partial charge >= 0.3 is 6.03 Å². The molecule has 0 unspecified atom stereocenters. The zero-order chi connectivity index (χ0) is 17.8. The van der Waals surface area contributed by atoms with Gasteiger partial charge in [0.15, 0.2) is 5.13 Å². The third kappa shape index (κ3) is 4.28. The lowest BCUT2D eigenvalue weighted by Crippen LogP contribution is -2.30. The molecule has 2 amide bonds. The molecule has 1 aromatic heterocycles. The highest BCUT2D eigenvalue weighted by atomic mass is 32.1. The predicted octanol–water partition coefficient (Wildman–Crippen LogP) is 4.29. The molecule has 2 N–H and O–H groups in total. The molecule has 0 aliphatic heterocycles. The minimum atomic E-state index is -0.234. The summed E-state index contributed by atoms with van der Waals surface area (Å²) < 4.78 is 6.24. The van der Waals surface area contributed by atoms with Crippen LogP contribution >= 0.6 is 11.3 Å². The molecule has 130 valence electrons. The summed E-state index contributed by atoms with van der Waals surface area (Å²) in [6.07, 6.45) is 0.759. The number of carbonyl (C=O) groups excluding carboxylic acids is 1. The van der Waals surface area contributed by atoms with Gasteiger partial charge in [0, 0.05) is 6.54 Å². The number of nitrogens with zero attached hydrogens (tertiary/aromatic N) is 1. The molecule has 0 spiro atoms. The van der Waals surface area contributed by atoms with Crippen LogP contribution in [0.1, 0.15) is 16.7 Å². The molecule has 0 radical (unpaired) electrons. The molecule has 0 saturated carbocycles. The van der Waals surface area contributed by atoms with Gasteiger partial charge in [0.2, 0.25) is 0 Å². The van der Waals surface area contributed by atoms with Crippen molar-refractivity contribution in [3.05, 3.63) is 53.1 Å². The number of nitrogens with one attached hydrogen (secondary N) is 2. The lowest BCUT2D eigenvalue weighted by molar-refractivity contribution is 0.252. The molecule has 2 aromatic carbocycles. The maximum atomic E-state index is 12.1. The highest BCUT2D eigenvalue weighted by molar-refractivity contribution is 7.22. The average Bonchev–Trinajstić information content (AvgIpc) is 2.98. The highest BCUT2D eigenvalue weighted by Gasteiger charge is 2.09. The number of aryl methyl sites for hydroxylation is 2. The summed E-state index contributed by atoms with van der Waals surface area (Å²) in [5.74, 6) is 0.829. The summed E-state index contributed by atoms with van der Waals surface area (Å²) in [7, 11) is 1.64. The van der Waals surface area contributed by atoms with Crippen molar-refractivity contribution in [2.24, 2.45) is 0 Å². The van der Waals surface area contributed by atoms with Gasteiger partial charge in [-0.1, -0.05) is 29.5 Å². The maximum Gasteiger partial charge on any atom is 0.321 e. The normalized spacial score (nSPS) is 10.7. The van der Waals surface area contributed by atoms with E-state index < -0.39 is 0 Å². The Morgan fingerprint density at radius 3 is 2.68 bits per heavy atom. The quantitative estimate of drug-likeness (QED) is 0.718. The van der Waals surface area contributed by atoms with Gasteiger partial charge in [-0.2, -0.15) is 0 Å². The van der Waals surface area contributed by atoms with E-state index in [1.165, 1.54) is 22.5 Å². The summed E-state index contributed by atoms with van der Waals surface area (Å²) in [5, 5.41) is 6.30. The van der Waals surface area contributed by atoms with Gasteiger partial charge < -0.3 is 10.1 Å². The third-order valence-electron chi connectivity index (χ3n) is 3.90. The number of amides is 2. The van der Waals surface area contributed by atoms with Crippen molar-refractivity contribution >= 4 is 32.7 Å². The maximum absolute atomic E-state index is 12.1. The number of fused-ring (bicyclic) bond motifs is 1. The first-order valence-electron chi connectivity index (χ1n) is 8.11. The zero-order valence-electron chi connectivity index (χ0n) is 14.6. The van der Waals surface area contributed by atoms with Gasteiger partial charge in [0.05, 0.1) is 17.3 Å². The monoisotopic (exact) mass is 355 g/mol. The van der Waals surface area contributed by atoms with Crippen LogP contribution < -0.4 is 15.4 Å². The summed E-state index contributed by atoms with van der Waals surface area (Å²) in [6.45, 7) is 4.66. The number of anilines is 1. The molecule has 0 bridgehead atoms. The van der Waals surface area contributed by atoms with Crippen molar-refractivity contribution in [1.29, 1.82) is 0 Å². The Hall–Kier alpha value is -2.60. The van der Waals surface area contributed by atoms with Gasteiger partial charge in [0.1, 0.15) is 5.75 Å². The van der Waals surface area contributed by atoms with Crippen molar-refractivity contribution < 1.29 is 9.53 Å². The van der Waals surface area contributed by atoms with E-state index in [0.29, 0.717) is 11.7 Å². The Morgan fingerprint density at radius 1 is 1.20 bits per heavy atom. The largest absolute Gasteiger partial charge is 0.497 e. The molecular weight excluding hydrogens is 334 g/mol. The molecule has 3 rings (SSSR count). The first-order chi connectivity index (χ1) is 12.0. The molecule has 0 fully saturated rings. The number of hydrogen-bond acceptors (Lipinski definition) is 4. The van der Waals surface area contributed by atoms with E-state index in [1.807, 2.05) is 37.3 Å². The van der Waals surface area contributed by atoms with E-state index >= 15 is 0 Å². The summed E-state index contributed by atoms with van der Waals surface area (Å²) >= 11 is 1.50. The van der Waals surface area contributed by atoms with E-state index in [1.54, 1.807) is 7.11 Å². The lowest BCUT2D eigenvalue weighted by atomic mass is 10.1. The van der Waals surface area contributed by atoms with Gasteiger partial charge in [-0.25, -0.2) is 9.78 Å². The number of urea groups is 1. The Morgan fingerprint density at radius 2 is 1.96 bits per heavy atom. The first kappa shape index (κ1) is 17.2. The van der Waals surface area contributed by atoms with Crippen LogP contribution in [0.4, 0.5) is 9.93 Å². The van der Waals surface area contributed by atoms with Crippen LogP contribution in [0.3, 0.4) is 0 Å². The molecule has 25 heavy (non-hydrogen) atoms. The fourth-order valence-electron chi connectivity index (χ4n) is 2.68.